The summed E-state index contributed by atoms with van der Waals surface area (Å²) in [4.78, 5) is 27.3. The molecule has 336 valence electrons. The molecule has 14 unspecified atom stereocenters. The maximum absolute atomic E-state index is 12.8. The third-order valence-corrected chi connectivity index (χ3v) is 13.7. The maximum atomic E-state index is 12.8. The minimum absolute atomic E-state index is 0.0272. The molecule has 0 aromatic heterocycles. The number of nitrogens with zero attached hydrogens (tertiary/aromatic N) is 1. The average molecular weight is 841 g/mol. The molecule has 12 N–H and O–H groups in total. The molecule has 0 aromatic carbocycles. The zero-order valence-corrected chi connectivity index (χ0v) is 36.0. The number of allylic oxidation sites excluding steroid dienone is 2. The molecule has 60 heavy (non-hydrogen) atoms. The van der Waals surface area contributed by atoms with Gasteiger partial charge in [0.2, 0.25) is 0 Å². The number of amides is 1. The number of likely N-dealkylation sites (tertiary alicyclic amines) is 1. The normalized spacial score (nSPS) is 32.2. The Balaban J connectivity index is 1.26. The van der Waals surface area contributed by atoms with E-state index in [0.717, 1.165) is 25.0 Å². The van der Waals surface area contributed by atoms with Crippen molar-refractivity contribution in [2.45, 2.75) is 148 Å². The summed E-state index contributed by atoms with van der Waals surface area (Å²) in [6.07, 6.45) is 12.9. The van der Waals surface area contributed by atoms with E-state index in [4.69, 9.17) is 11.1 Å². The number of nitrogens with one attached hydrogen (secondary N) is 2. The van der Waals surface area contributed by atoms with Crippen molar-refractivity contribution in [1.29, 1.82) is 5.41 Å². The lowest BCUT2D eigenvalue weighted by atomic mass is 9.51. The second kappa shape index (κ2) is 21.9. The van der Waals surface area contributed by atoms with Gasteiger partial charge in [0.15, 0.2) is 11.7 Å². The van der Waals surface area contributed by atoms with E-state index in [1.54, 1.807) is 49.5 Å². The molecule has 2 aliphatic heterocycles. The van der Waals surface area contributed by atoms with Crippen LogP contribution in [0.1, 0.15) is 98.8 Å². The molecule has 0 radical (unpaired) electrons. The van der Waals surface area contributed by atoms with Gasteiger partial charge in [-0.15, -0.1) is 0 Å². The van der Waals surface area contributed by atoms with Crippen molar-refractivity contribution in [2.24, 2.45) is 40.7 Å². The van der Waals surface area contributed by atoms with Crippen LogP contribution < -0.4 is 11.1 Å². The minimum atomic E-state index is -1.08. The van der Waals surface area contributed by atoms with Crippen LogP contribution in [0.4, 0.5) is 0 Å². The lowest BCUT2D eigenvalue weighted by Crippen LogP contribution is -2.53. The molecule has 1 saturated carbocycles. The third kappa shape index (κ3) is 12.0. The molecule has 0 aromatic rings. The van der Waals surface area contributed by atoms with Gasteiger partial charge in [-0.25, -0.2) is 0 Å². The summed E-state index contributed by atoms with van der Waals surface area (Å²) in [5.74, 6) is -3.01. The molecule has 2 heterocycles. The molecule has 2 saturated heterocycles. The number of nitrogens with two attached hydrogens (primary N) is 1. The topological polar surface area (TPSA) is 261 Å². The van der Waals surface area contributed by atoms with Crippen molar-refractivity contribution < 1.29 is 50.4 Å². The number of ketones is 1. The van der Waals surface area contributed by atoms with Crippen LogP contribution in [0.25, 0.3) is 0 Å². The molecule has 14 nitrogen and oxygen atoms in total. The second-order valence-corrected chi connectivity index (χ2v) is 18.0. The van der Waals surface area contributed by atoms with Gasteiger partial charge in [-0.2, -0.15) is 0 Å². The Hall–Kier alpha value is -3.63. The summed E-state index contributed by atoms with van der Waals surface area (Å²) in [7, 11) is 0. The Morgan fingerprint density at radius 1 is 1.00 bits per heavy atom. The Kier molecular flexibility index (Phi) is 17.9. The van der Waals surface area contributed by atoms with Crippen LogP contribution in [0.5, 0.6) is 0 Å². The highest BCUT2D eigenvalue weighted by molar-refractivity contribution is 6.25. The lowest BCUT2D eigenvalue weighted by molar-refractivity contribution is -0.118. The van der Waals surface area contributed by atoms with Crippen molar-refractivity contribution in [1.82, 2.24) is 10.2 Å². The summed E-state index contributed by atoms with van der Waals surface area (Å²) in [6.45, 7) is 9.83. The number of carbonyl (C=O) groups is 2. The van der Waals surface area contributed by atoms with Gasteiger partial charge in [-0.1, -0.05) is 75.0 Å². The molecular formula is C46H72N4O10. The SMILES string of the molecule is CC(=CCC(O)C=CC(C)C(O)C=CCC(O)C=CCC(O)CC1CCCN1C(=N)N)C(O)C(C)CCC1C(C)=CC2C(O)C(O)CCC2C1(C)/C(O)=C1\C(=O)CNC1=O. The zero-order chi connectivity index (χ0) is 44.5. The second-order valence-electron chi connectivity index (χ2n) is 18.0. The van der Waals surface area contributed by atoms with Crippen LogP contribution in [-0.4, -0.2) is 125 Å². The summed E-state index contributed by atoms with van der Waals surface area (Å²) in [5, 5.41) is 96.8. The largest absolute Gasteiger partial charge is 0.511 e. The van der Waals surface area contributed by atoms with Crippen molar-refractivity contribution in [3.8, 4) is 0 Å². The molecule has 14 atom stereocenters. The highest BCUT2D eigenvalue weighted by Crippen LogP contribution is 2.58. The van der Waals surface area contributed by atoms with Gasteiger partial charge >= 0.3 is 0 Å². The van der Waals surface area contributed by atoms with Crippen molar-refractivity contribution in [3.05, 3.63) is 71.1 Å². The molecule has 3 fully saturated rings. The molecule has 0 spiro atoms. The van der Waals surface area contributed by atoms with Crippen LogP contribution in [0, 0.1) is 40.4 Å². The third-order valence-electron chi connectivity index (χ3n) is 13.7. The van der Waals surface area contributed by atoms with Crippen LogP contribution in [0.3, 0.4) is 0 Å². The summed E-state index contributed by atoms with van der Waals surface area (Å²) in [5.41, 5.74) is 5.87. The fraction of sp³-hybridized carbons (Fsp3) is 0.674. The standard InChI is InChI=1S/C46H72N4O10/c1-26(37(54)13-7-11-31(51)10-6-12-33(53)24-30-9-8-22-50(30)45(47)48)14-17-32(52)18-15-27(2)41(57)28(3)16-19-35-29(4)23-34-36(20-21-38(55)42(34)58)46(35,5)43(59)40-39(56)25-49-44(40)60/h6-7,10,13-15,17,23,26,28,30-38,41-42,51-55,57-59H,8-9,11-12,16,18-22,24-25H2,1-5H3,(H3,47,48)(H,49,60)/b10-6?,13-7?,17-14?,27-15?,43-40-. The first-order valence-electron chi connectivity index (χ1n) is 21.8. The Bertz CT molecular complexity index is 1670. The molecule has 4 aliphatic rings. The molecule has 4 rings (SSSR count). The number of hydrogen-bond acceptors (Lipinski definition) is 11. The van der Waals surface area contributed by atoms with Gasteiger partial charge in [-0.05, 0) is 101 Å². The fourth-order valence-corrected chi connectivity index (χ4v) is 9.89. The van der Waals surface area contributed by atoms with E-state index in [0.29, 0.717) is 44.1 Å². The number of rotatable bonds is 19. The minimum Gasteiger partial charge on any atom is -0.511 e. The predicted molar refractivity (Wildman–Crippen MR) is 230 cm³/mol. The van der Waals surface area contributed by atoms with Crippen LogP contribution >= 0.6 is 0 Å². The monoisotopic (exact) mass is 841 g/mol. The molecule has 0 bridgehead atoms. The van der Waals surface area contributed by atoms with Gasteiger partial charge in [0.05, 0.1) is 49.3 Å². The van der Waals surface area contributed by atoms with E-state index < -0.39 is 65.8 Å². The summed E-state index contributed by atoms with van der Waals surface area (Å²) in [6, 6.07) is 0.0535. The quantitative estimate of drug-likeness (QED) is 0.0224. The van der Waals surface area contributed by atoms with Crippen LogP contribution in [-0.2, 0) is 9.59 Å². The highest BCUT2D eigenvalue weighted by atomic mass is 16.3. The van der Waals surface area contributed by atoms with Gasteiger partial charge in [0.25, 0.3) is 5.91 Å². The number of Topliss-reactive ketones (excluding diaryl/α,β-unsaturated/α-hetero) is 1. The number of hydrogen-bond donors (Lipinski definition) is 11. The first kappa shape index (κ1) is 49.0. The van der Waals surface area contributed by atoms with E-state index in [1.165, 1.54) is 0 Å². The van der Waals surface area contributed by atoms with Crippen molar-refractivity contribution in [2.75, 3.05) is 13.1 Å². The number of aliphatic hydroxyl groups excluding tert-OH is 8. The van der Waals surface area contributed by atoms with E-state index in [2.05, 4.69) is 5.32 Å². The molecular weight excluding hydrogens is 769 g/mol. The molecule has 14 heteroatoms. The summed E-state index contributed by atoms with van der Waals surface area (Å²) < 4.78 is 0. The molecule has 2 aliphatic carbocycles. The first-order valence-corrected chi connectivity index (χ1v) is 21.8. The Morgan fingerprint density at radius 3 is 2.35 bits per heavy atom. The smallest absolute Gasteiger partial charge is 0.258 e. The summed E-state index contributed by atoms with van der Waals surface area (Å²) >= 11 is 0. The van der Waals surface area contributed by atoms with E-state index in [9.17, 15) is 50.4 Å². The average Bonchev–Trinajstić information content (AvgIpc) is 3.81. The van der Waals surface area contributed by atoms with Gasteiger partial charge in [-0.3, -0.25) is 15.0 Å². The van der Waals surface area contributed by atoms with Gasteiger partial charge < -0.3 is 56.8 Å². The predicted octanol–water partition coefficient (Wildman–Crippen LogP) is 3.22. The lowest BCUT2D eigenvalue weighted by Gasteiger charge is -2.54. The zero-order valence-electron chi connectivity index (χ0n) is 36.0. The number of fused-ring (bicyclic) bond motifs is 1. The number of guanidine groups is 1. The van der Waals surface area contributed by atoms with Gasteiger partial charge in [0, 0.05) is 29.8 Å². The van der Waals surface area contributed by atoms with E-state index >= 15 is 0 Å². The van der Waals surface area contributed by atoms with Crippen LogP contribution in [0.2, 0.25) is 0 Å². The number of carbonyl (C=O) groups excluding carboxylic acids is 2. The first-order chi connectivity index (χ1) is 28.3. The van der Waals surface area contributed by atoms with Crippen molar-refractivity contribution >= 4 is 17.6 Å². The number of aliphatic hydroxyl groups is 8. The maximum Gasteiger partial charge on any atom is 0.258 e. The fourth-order valence-electron chi connectivity index (χ4n) is 9.89. The van der Waals surface area contributed by atoms with E-state index in [1.807, 2.05) is 38.7 Å². The highest BCUT2D eigenvalue weighted by Gasteiger charge is 2.56. The Morgan fingerprint density at radius 2 is 1.68 bits per heavy atom. The van der Waals surface area contributed by atoms with Crippen LogP contribution in [0.15, 0.2) is 71.1 Å². The Labute approximate surface area is 355 Å². The van der Waals surface area contributed by atoms with E-state index in [-0.39, 0.29) is 66.4 Å². The molecule has 1 amide bonds. The van der Waals surface area contributed by atoms with Gasteiger partial charge in [0.1, 0.15) is 11.3 Å². The van der Waals surface area contributed by atoms with Crippen molar-refractivity contribution in [3.63, 3.8) is 0 Å².